The average molecular weight is 419 g/mol. The largest absolute Gasteiger partial charge is 0.491 e. The number of nitrogens with one attached hydrogen (secondary N) is 1. The second-order valence-electron chi connectivity index (χ2n) is 9.04. The van der Waals surface area contributed by atoms with E-state index >= 15 is 0 Å². The molecule has 1 saturated carbocycles. The Hall–Kier alpha value is -2.82. The Balaban J connectivity index is 1.20. The van der Waals surface area contributed by atoms with Crippen LogP contribution < -0.4 is 10.1 Å². The SMILES string of the molecule is O=C(CCc1ccc2c(c1)CN(C(=O)C1CC1)CCO2)NC1CCCc2ccccc21. The summed E-state index contributed by atoms with van der Waals surface area (Å²) in [7, 11) is 0. The fraction of sp³-hybridized carbons (Fsp3) is 0.462. The normalized spacial score (nSPS) is 20.1. The fourth-order valence-corrected chi connectivity index (χ4v) is 4.81. The Morgan fingerprint density at radius 1 is 1.06 bits per heavy atom. The van der Waals surface area contributed by atoms with Crippen molar-refractivity contribution < 1.29 is 14.3 Å². The van der Waals surface area contributed by atoms with Crippen LogP contribution in [0.25, 0.3) is 0 Å². The molecule has 3 aliphatic rings. The van der Waals surface area contributed by atoms with Gasteiger partial charge in [-0.1, -0.05) is 36.4 Å². The first-order valence-corrected chi connectivity index (χ1v) is 11.6. The molecule has 1 unspecified atom stereocenters. The number of carbonyl (C=O) groups is 2. The van der Waals surface area contributed by atoms with Gasteiger partial charge in [0, 0.05) is 24.4 Å². The van der Waals surface area contributed by atoms with E-state index in [-0.39, 0.29) is 23.8 Å². The predicted molar refractivity (Wildman–Crippen MR) is 119 cm³/mol. The number of amides is 2. The molecule has 1 N–H and O–H groups in total. The zero-order valence-corrected chi connectivity index (χ0v) is 17.9. The minimum atomic E-state index is 0.0958. The van der Waals surface area contributed by atoms with Gasteiger partial charge in [-0.25, -0.2) is 0 Å². The molecule has 0 spiro atoms. The van der Waals surface area contributed by atoms with Crippen LogP contribution >= 0.6 is 0 Å². The zero-order valence-electron chi connectivity index (χ0n) is 17.9. The second-order valence-corrected chi connectivity index (χ2v) is 9.04. The van der Waals surface area contributed by atoms with Gasteiger partial charge in [-0.2, -0.15) is 0 Å². The van der Waals surface area contributed by atoms with Gasteiger partial charge in [0.1, 0.15) is 12.4 Å². The molecule has 0 bridgehead atoms. The number of benzene rings is 2. The molecule has 31 heavy (non-hydrogen) atoms. The molecule has 5 heteroatoms. The highest BCUT2D eigenvalue weighted by Gasteiger charge is 2.34. The van der Waals surface area contributed by atoms with Crippen molar-refractivity contribution in [3.8, 4) is 5.75 Å². The Morgan fingerprint density at radius 2 is 1.94 bits per heavy atom. The first-order valence-electron chi connectivity index (χ1n) is 11.6. The first kappa shape index (κ1) is 20.1. The van der Waals surface area contributed by atoms with Crippen LogP contribution in [0.3, 0.4) is 0 Å². The number of ether oxygens (including phenoxy) is 1. The average Bonchev–Trinajstić information content (AvgIpc) is 3.64. The van der Waals surface area contributed by atoms with Crippen molar-refractivity contribution in [3.05, 3.63) is 64.7 Å². The fourth-order valence-electron chi connectivity index (χ4n) is 4.81. The van der Waals surface area contributed by atoms with E-state index in [0.717, 1.165) is 49.0 Å². The van der Waals surface area contributed by atoms with Crippen molar-refractivity contribution in [2.45, 2.75) is 57.5 Å². The van der Waals surface area contributed by atoms with Gasteiger partial charge in [0.2, 0.25) is 11.8 Å². The van der Waals surface area contributed by atoms with Gasteiger partial charge in [0.15, 0.2) is 0 Å². The van der Waals surface area contributed by atoms with E-state index in [9.17, 15) is 9.59 Å². The van der Waals surface area contributed by atoms with Crippen LogP contribution in [0.15, 0.2) is 42.5 Å². The number of rotatable bonds is 5. The molecule has 5 nitrogen and oxygen atoms in total. The van der Waals surface area contributed by atoms with Crippen LogP contribution in [0, 0.1) is 5.92 Å². The summed E-state index contributed by atoms with van der Waals surface area (Å²) in [6.45, 7) is 1.78. The summed E-state index contributed by atoms with van der Waals surface area (Å²) in [6.07, 6.45) is 6.40. The summed E-state index contributed by atoms with van der Waals surface area (Å²) in [6, 6.07) is 14.7. The topological polar surface area (TPSA) is 58.6 Å². The molecule has 2 aromatic carbocycles. The van der Waals surface area contributed by atoms with Gasteiger partial charge in [-0.3, -0.25) is 9.59 Å². The van der Waals surface area contributed by atoms with Crippen molar-refractivity contribution in [1.29, 1.82) is 0 Å². The van der Waals surface area contributed by atoms with E-state index in [1.807, 2.05) is 17.0 Å². The maximum atomic E-state index is 12.7. The third-order valence-electron chi connectivity index (χ3n) is 6.69. The Labute approximate surface area is 183 Å². The summed E-state index contributed by atoms with van der Waals surface area (Å²) >= 11 is 0. The molecule has 2 aromatic rings. The summed E-state index contributed by atoms with van der Waals surface area (Å²) in [5, 5.41) is 3.24. The van der Waals surface area contributed by atoms with E-state index in [1.54, 1.807) is 0 Å². The van der Waals surface area contributed by atoms with E-state index < -0.39 is 0 Å². The molecule has 0 saturated heterocycles. The van der Waals surface area contributed by atoms with E-state index in [2.05, 4.69) is 35.6 Å². The summed E-state index contributed by atoms with van der Waals surface area (Å²) in [5.41, 5.74) is 4.78. The minimum absolute atomic E-state index is 0.0958. The Kier molecular flexibility index (Phi) is 5.66. The zero-order chi connectivity index (χ0) is 21.2. The monoisotopic (exact) mass is 418 g/mol. The van der Waals surface area contributed by atoms with Crippen molar-refractivity contribution in [1.82, 2.24) is 10.2 Å². The van der Waals surface area contributed by atoms with Gasteiger partial charge in [-0.05, 0) is 61.3 Å². The number of fused-ring (bicyclic) bond motifs is 2. The molecule has 1 aliphatic heterocycles. The smallest absolute Gasteiger partial charge is 0.226 e. The van der Waals surface area contributed by atoms with E-state index in [0.29, 0.717) is 32.5 Å². The van der Waals surface area contributed by atoms with Crippen LogP contribution in [-0.2, 0) is 29.0 Å². The molecule has 162 valence electrons. The number of aryl methyl sites for hydroxylation is 2. The highest BCUT2D eigenvalue weighted by Crippen LogP contribution is 2.33. The van der Waals surface area contributed by atoms with Gasteiger partial charge in [-0.15, -0.1) is 0 Å². The van der Waals surface area contributed by atoms with Crippen LogP contribution in [0.5, 0.6) is 5.75 Å². The summed E-state index contributed by atoms with van der Waals surface area (Å²) in [4.78, 5) is 27.1. The molecule has 2 amide bonds. The molecular formula is C26H30N2O3. The standard InChI is InChI=1S/C26H30N2O3/c29-25(27-23-7-3-5-19-4-1-2-6-22(19)23)13-9-18-8-12-24-21(16-18)17-28(14-15-31-24)26(30)20-10-11-20/h1-2,4,6,8,12,16,20,23H,3,5,7,9-11,13-15,17H2,(H,27,29). The summed E-state index contributed by atoms with van der Waals surface area (Å²) in [5.74, 6) is 1.43. The lowest BCUT2D eigenvalue weighted by atomic mass is 9.87. The van der Waals surface area contributed by atoms with Crippen LogP contribution in [0.1, 0.15) is 60.4 Å². The molecule has 1 fully saturated rings. The number of hydrogen-bond acceptors (Lipinski definition) is 3. The predicted octanol–water partition coefficient (Wildman–Crippen LogP) is 3.94. The molecular weight excluding hydrogens is 388 g/mol. The van der Waals surface area contributed by atoms with E-state index in [4.69, 9.17) is 4.74 Å². The molecule has 0 radical (unpaired) electrons. The molecule has 2 aliphatic carbocycles. The van der Waals surface area contributed by atoms with Crippen LogP contribution in [0.4, 0.5) is 0 Å². The van der Waals surface area contributed by atoms with Crippen molar-refractivity contribution in [2.75, 3.05) is 13.2 Å². The van der Waals surface area contributed by atoms with Crippen LogP contribution in [-0.4, -0.2) is 29.9 Å². The quantitative estimate of drug-likeness (QED) is 0.800. The first-order chi connectivity index (χ1) is 15.2. The molecule has 5 rings (SSSR count). The number of carbonyl (C=O) groups excluding carboxylic acids is 2. The van der Waals surface area contributed by atoms with E-state index in [1.165, 1.54) is 11.1 Å². The third-order valence-corrected chi connectivity index (χ3v) is 6.69. The third kappa shape index (κ3) is 4.60. The lowest BCUT2D eigenvalue weighted by molar-refractivity contribution is -0.133. The Bertz CT molecular complexity index is 982. The highest BCUT2D eigenvalue weighted by atomic mass is 16.5. The maximum Gasteiger partial charge on any atom is 0.226 e. The second kappa shape index (κ2) is 8.74. The lowest BCUT2D eigenvalue weighted by Crippen LogP contribution is -2.33. The number of nitrogens with zero attached hydrogens (tertiary/aromatic N) is 1. The van der Waals surface area contributed by atoms with Crippen molar-refractivity contribution in [2.24, 2.45) is 5.92 Å². The van der Waals surface area contributed by atoms with Gasteiger partial charge in [0.25, 0.3) is 0 Å². The van der Waals surface area contributed by atoms with Gasteiger partial charge in [0.05, 0.1) is 12.6 Å². The molecule has 1 heterocycles. The molecule has 1 atom stereocenters. The van der Waals surface area contributed by atoms with Crippen molar-refractivity contribution in [3.63, 3.8) is 0 Å². The Morgan fingerprint density at radius 3 is 2.81 bits per heavy atom. The number of hydrogen-bond donors (Lipinski definition) is 1. The maximum absolute atomic E-state index is 12.7. The molecule has 0 aromatic heterocycles. The highest BCUT2D eigenvalue weighted by molar-refractivity contribution is 5.81. The van der Waals surface area contributed by atoms with Gasteiger partial charge >= 0.3 is 0 Å². The van der Waals surface area contributed by atoms with Crippen molar-refractivity contribution >= 4 is 11.8 Å². The lowest BCUT2D eigenvalue weighted by Gasteiger charge is -2.26. The van der Waals surface area contributed by atoms with Gasteiger partial charge < -0.3 is 15.0 Å². The summed E-state index contributed by atoms with van der Waals surface area (Å²) < 4.78 is 5.87. The minimum Gasteiger partial charge on any atom is -0.491 e. The van der Waals surface area contributed by atoms with Crippen LogP contribution in [0.2, 0.25) is 0 Å².